The maximum atomic E-state index is 12.5. The molecular formula is C16H21N3O. The molecule has 20 heavy (non-hydrogen) atoms. The largest absolute Gasteiger partial charge is 0.360 e. The highest BCUT2D eigenvalue weighted by molar-refractivity contribution is 6.08. The molecule has 0 unspecified atom stereocenters. The molecule has 0 amide bonds. The fourth-order valence-corrected chi connectivity index (χ4v) is 2.78. The minimum atomic E-state index is 0.214. The number of carbonyl (C=O) groups excluding carboxylic acids is 1. The van der Waals surface area contributed by atoms with E-state index in [1.165, 1.54) is 5.56 Å². The van der Waals surface area contributed by atoms with E-state index in [1.54, 1.807) is 0 Å². The average molecular weight is 271 g/mol. The number of piperazine rings is 1. The molecule has 1 aliphatic rings. The second-order valence-corrected chi connectivity index (χ2v) is 5.39. The summed E-state index contributed by atoms with van der Waals surface area (Å²) in [6, 6.07) is 6.32. The van der Waals surface area contributed by atoms with Crippen molar-refractivity contribution in [2.24, 2.45) is 0 Å². The number of carbonyl (C=O) groups is 1. The van der Waals surface area contributed by atoms with Crippen molar-refractivity contribution in [1.29, 1.82) is 0 Å². The fourth-order valence-electron chi connectivity index (χ4n) is 2.78. The maximum absolute atomic E-state index is 12.5. The van der Waals surface area contributed by atoms with Gasteiger partial charge in [-0.3, -0.25) is 9.69 Å². The minimum Gasteiger partial charge on any atom is -0.360 e. The second-order valence-electron chi connectivity index (χ2n) is 5.39. The number of nitrogens with zero attached hydrogens (tertiary/aromatic N) is 1. The van der Waals surface area contributed by atoms with Gasteiger partial charge in [-0.25, -0.2) is 0 Å². The molecule has 3 rings (SSSR count). The van der Waals surface area contributed by atoms with Crippen LogP contribution in [0.1, 0.15) is 22.8 Å². The molecule has 1 saturated heterocycles. The lowest BCUT2D eigenvalue weighted by atomic mass is 10.0. The highest BCUT2D eigenvalue weighted by Crippen LogP contribution is 2.21. The molecule has 0 radical (unpaired) electrons. The van der Waals surface area contributed by atoms with Gasteiger partial charge in [-0.1, -0.05) is 13.0 Å². The van der Waals surface area contributed by atoms with Gasteiger partial charge in [-0.05, 0) is 24.1 Å². The Bertz CT molecular complexity index is 611. The number of hydrogen-bond donors (Lipinski definition) is 2. The number of H-pyrrole nitrogens is 1. The van der Waals surface area contributed by atoms with E-state index in [0.29, 0.717) is 6.54 Å². The molecule has 2 N–H and O–H groups in total. The quantitative estimate of drug-likeness (QED) is 0.834. The van der Waals surface area contributed by atoms with Gasteiger partial charge in [0.25, 0.3) is 0 Å². The van der Waals surface area contributed by atoms with E-state index < -0.39 is 0 Å². The first-order valence-corrected chi connectivity index (χ1v) is 7.34. The fraction of sp³-hybridized carbons (Fsp3) is 0.438. The minimum absolute atomic E-state index is 0.214. The summed E-state index contributed by atoms with van der Waals surface area (Å²) in [4.78, 5) is 17.9. The standard InChI is InChI=1S/C16H21N3O/c1-2-12-3-4-15-13(9-12)14(10-18-15)16(20)11-19-7-5-17-6-8-19/h3-4,9-10,17-18H,2,5-8,11H2,1H3. The Hall–Kier alpha value is -1.65. The number of aromatic amines is 1. The molecule has 1 aliphatic heterocycles. The van der Waals surface area contributed by atoms with Crippen molar-refractivity contribution in [3.63, 3.8) is 0 Å². The zero-order valence-electron chi connectivity index (χ0n) is 11.9. The summed E-state index contributed by atoms with van der Waals surface area (Å²) in [5, 5.41) is 4.37. The summed E-state index contributed by atoms with van der Waals surface area (Å²) in [6.45, 7) is 6.51. The predicted octanol–water partition coefficient (Wildman–Crippen LogP) is 1.82. The van der Waals surface area contributed by atoms with Crippen LogP contribution in [0.4, 0.5) is 0 Å². The normalized spacial score (nSPS) is 16.6. The van der Waals surface area contributed by atoms with Crippen LogP contribution in [-0.4, -0.2) is 48.4 Å². The van der Waals surface area contributed by atoms with Crippen molar-refractivity contribution >= 4 is 16.7 Å². The van der Waals surface area contributed by atoms with E-state index in [0.717, 1.165) is 49.1 Å². The van der Waals surface area contributed by atoms with Gasteiger partial charge in [0.1, 0.15) is 0 Å². The Morgan fingerprint density at radius 2 is 2.10 bits per heavy atom. The first-order valence-electron chi connectivity index (χ1n) is 7.34. The van der Waals surface area contributed by atoms with E-state index in [9.17, 15) is 4.79 Å². The lowest BCUT2D eigenvalue weighted by Gasteiger charge is -2.26. The lowest BCUT2D eigenvalue weighted by molar-refractivity contribution is 0.0923. The van der Waals surface area contributed by atoms with Crippen molar-refractivity contribution in [1.82, 2.24) is 15.2 Å². The number of nitrogens with one attached hydrogen (secondary N) is 2. The van der Waals surface area contributed by atoms with Crippen LogP contribution >= 0.6 is 0 Å². The summed E-state index contributed by atoms with van der Waals surface area (Å²) in [5.74, 6) is 0.214. The number of Topliss-reactive ketones (excluding diaryl/α,β-unsaturated/α-hetero) is 1. The van der Waals surface area contributed by atoms with Crippen LogP contribution in [0.2, 0.25) is 0 Å². The second kappa shape index (κ2) is 5.77. The molecule has 0 spiro atoms. The highest BCUT2D eigenvalue weighted by atomic mass is 16.1. The number of aromatic nitrogens is 1. The zero-order valence-corrected chi connectivity index (χ0v) is 11.9. The highest BCUT2D eigenvalue weighted by Gasteiger charge is 2.17. The van der Waals surface area contributed by atoms with Crippen LogP contribution in [0.15, 0.2) is 24.4 Å². The van der Waals surface area contributed by atoms with Gasteiger partial charge >= 0.3 is 0 Å². The lowest BCUT2D eigenvalue weighted by Crippen LogP contribution is -2.45. The number of rotatable bonds is 4. The molecule has 0 bridgehead atoms. The Morgan fingerprint density at radius 1 is 1.30 bits per heavy atom. The van der Waals surface area contributed by atoms with Crippen molar-refractivity contribution in [2.75, 3.05) is 32.7 Å². The first-order chi connectivity index (χ1) is 9.78. The Kier molecular flexibility index (Phi) is 3.85. The summed E-state index contributed by atoms with van der Waals surface area (Å²) in [7, 11) is 0. The van der Waals surface area contributed by atoms with Crippen LogP contribution in [0, 0.1) is 0 Å². The number of ketones is 1. The van der Waals surface area contributed by atoms with Crippen LogP contribution < -0.4 is 5.32 Å². The van der Waals surface area contributed by atoms with E-state index in [-0.39, 0.29) is 5.78 Å². The van der Waals surface area contributed by atoms with Crippen molar-refractivity contribution in [2.45, 2.75) is 13.3 Å². The van der Waals surface area contributed by atoms with E-state index in [4.69, 9.17) is 0 Å². The summed E-state index contributed by atoms with van der Waals surface area (Å²) < 4.78 is 0. The third-order valence-electron chi connectivity index (χ3n) is 4.03. The molecule has 1 aromatic carbocycles. The summed E-state index contributed by atoms with van der Waals surface area (Å²) >= 11 is 0. The number of fused-ring (bicyclic) bond motifs is 1. The van der Waals surface area contributed by atoms with Crippen LogP contribution in [0.5, 0.6) is 0 Å². The maximum Gasteiger partial charge on any atom is 0.178 e. The van der Waals surface area contributed by atoms with Crippen molar-refractivity contribution < 1.29 is 4.79 Å². The molecule has 2 aromatic rings. The van der Waals surface area contributed by atoms with Gasteiger partial charge in [0.2, 0.25) is 0 Å². The van der Waals surface area contributed by atoms with Crippen molar-refractivity contribution in [3.05, 3.63) is 35.5 Å². The Labute approximate surface area is 119 Å². The molecule has 1 aromatic heterocycles. The number of hydrogen-bond acceptors (Lipinski definition) is 3. The third-order valence-corrected chi connectivity index (χ3v) is 4.03. The van der Waals surface area contributed by atoms with Gasteiger partial charge in [0, 0.05) is 48.8 Å². The predicted molar refractivity (Wildman–Crippen MR) is 81.3 cm³/mol. The summed E-state index contributed by atoms with van der Waals surface area (Å²) in [5.41, 5.74) is 3.15. The molecule has 0 atom stereocenters. The van der Waals surface area contributed by atoms with Gasteiger partial charge in [-0.2, -0.15) is 0 Å². The molecule has 106 valence electrons. The topological polar surface area (TPSA) is 48.1 Å². The summed E-state index contributed by atoms with van der Waals surface area (Å²) in [6.07, 6.45) is 2.85. The molecule has 1 fully saturated rings. The average Bonchev–Trinajstić information content (AvgIpc) is 2.91. The van der Waals surface area contributed by atoms with Gasteiger partial charge in [-0.15, -0.1) is 0 Å². The molecule has 4 heteroatoms. The third kappa shape index (κ3) is 2.62. The number of aryl methyl sites for hydroxylation is 1. The molecule has 0 saturated carbocycles. The van der Waals surface area contributed by atoms with Gasteiger partial charge in [0.15, 0.2) is 5.78 Å². The monoisotopic (exact) mass is 271 g/mol. The Balaban J connectivity index is 1.83. The SMILES string of the molecule is CCc1ccc2[nH]cc(C(=O)CN3CCNCC3)c2c1. The van der Waals surface area contributed by atoms with Crippen LogP contribution in [0.3, 0.4) is 0 Å². The first kappa shape index (κ1) is 13.3. The Morgan fingerprint density at radius 3 is 2.85 bits per heavy atom. The van der Waals surface area contributed by atoms with Crippen molar-refractivity contribution in [3.8, 4) is 0 Å². The molecular weight excluding hydrogens is 250 g/mol. The number of benzene rings is 1. The molecule has 4 nitrogen and oxygen atoms in total. The zero-order chi connectivity index (χ0) is 13.9. The van der Waals surface area contributed by atoms with Crippen LogP contribution in [0.25, 0.3) is 10.9 Å². The van der Waals surface area contributed by atoms with Crippen LogP contribution in [-0.2, 0) is 6.42 Å². The van der Waals surface area contributed by atoms with Gasteiger partial charge in [0.05, 0.1) is 6.54 Å². The smallest absolute Gasteiger partial charge is 0.178 e. The van der Waals surface area contributed by atoms with Gasteiger partial charge < -0.3 is 10.3 Å². The van der Waals surface area contributed by atoms with E-state index in [2.05, 4.69) is 40.3 Å². The van der Waals surface area contributed by atoms with E-state index in [1.807, 2.05) is 6.20 Å². The molecule has 2 heterocycles. The molecule has 0 aliphatic carbocycles. The van der Waals surface area contributed by atoms with E-state index >= 15 is 0 Å².